The molecule has 0 heterocycles. The minimum Gasteiger partial charge on any atom is -0.494 e. The van der Waals surface area contributed by atoms with E-state index in [9.17, 15) is 9.59 Å². The molecule has 1 aromatic carbocycles. The van der Waals surface area contributed by atoms with Crippen molar-refractivity contribution in [1.29, 1.82) is 0 Å². The molecular weight excluding hydrogens is 276 g/mol. The lowest BCUT2D eigenvalue weighted by Gasteiger charge is -2.09. The van der Waals surface area contributed by atoms with Gasteiger partial charge in [0.25, 0.3) is 5.91 Å². The number of hydrogen-bond donors (Lipinski definition) is 2. The quantitative estimate of drug-likeness (QED) is 0.697. The molecule has 1 rings (SSSR count). The molecule has 2 N–H and O–H groups in total. The zero-order valence-corrected chi connectivity index (χ0v) is 12.2. The number of methoxy groups -OCH3 is 1. The van der Waals surface area contributed by atoms with Crippen molar-refractivity contribution in [3.63, 3.8) is 0 Å². The van der Waals surface area contributed by atoms with E-state index in [2.05, 4.69) is 15.4 Å². The minimum absolute atomic E-state index is 0.0911. The van der Waals surface area contributed by atoms with Crippen molar-refractivity contribution in [2.24, 2.45) is 0 Å². The van der Waals surface area contributed by atoms with E-state index in [1.165, 1.54) is 7.11 Å². The van der Waals surface area contributed by atoms with Crippen LogP contribution in [0.5, 0.6) is 11.5 Å². The summed E-state index contributed by atoms with van der Waals surface area (Å²) < 4.78 is 15.0. The molecule has 7 heteroatoms. The van der Waals surface area contributed by atoms with Crippen LogP contribution in [0.1, 0.15) is 6.92 Å². The zero-order chi connectivity index (χ0) is 15.5. The Balaban J connectivity index is 2.19. The van der Waals surface area contributed by atoms with Gasteiger partial charge in [-0.3, -0.25) is 4.79 Å². The normalized spacial score (nSPS) is 9.62. The Hall–Kier alpha value is -2.44. The molecule has 2 amide bonds. The van der Waals surface area contributed by atoms with Gasteiger partial charge < -0.3 is 24.8 Å². The average molecular weight is 296 g/mol. The maximum atomic E-state index is 11.5. The monoisotopic (exact) mass is 296 g/mol. The van der Waals surface area contributed by atoms with Gasteiger partial charge in [0.15, 0.2) is 6.61 Å². The molecule has 0 fully saturated rings. The van der Waals surface area contributed by atoms with Crippen LogP contribution < -0.4 is 20.1 Å². The lowest BCUT2D eigenvalue weighted by atomic mass is 10.3. The van der Waals surface area contributed by atoms with E-state index in [1.807, 2.05) is 6.92 Å². The third kappa shape index (κ3) is 7.05. The van der Waals surface area contributed by atoms with Crippen molar-refractivity contribution in [3.8, 4) is 11.5 Å². The van der Waals surface area contributed by atoms with Crippen molar-refractivity contribution >= 4 is 12.0 Å². The fourth-order valence-corrected chi connectivity index (χ4v) is 1.44. The SMILES string of the molecule is CCOc1ccc(OCC(=O)NCCNC(=O)OC)cc1. The van der Waals surface area contributed by atoms with Crippen LogP contribution in [0.15, 0.2) is 24.3 Å². The number of hydrogen-bond acceptors (Lipinski definition) is 5. The Morgan fingerprint density at radius 2 is 1.57 bits per heavy atom. The molecule has 0 aromatic heterocycles. The van der Waals surface area contributed by atoms with E-state index >= 15 is 0 Å². The summed E-state index contributed by atoms with van der Waals surface area (Å²) in [5, 5.41) is 5.05. The van der Waals surface area contributed by atoms with Crippen molar-refractivity contribution in [3.05, 3.63) is 24.3 Å². The number of ether oxygens (including phenoxy) is 3. The largest absolute Gasteiger partial charge is 0.494 e. The van der Waals surface area contributed by atoms with Crippen LogP contribution in [-0.4, -0.2) is 45.4 Å². The first-order valence-electron chi connectivity index (χ1n) is 6.60. The highest BCUT2D eigenvalue weighted by atomic mass is 16.5. The van der Waals surface area contributed by atoms with Gasteiger partial charge in [0.1, 0.15) is 11.5 Å². The number of benzene rings is 1. The number of amides is 2. The third-order valence-electron chi connectivity index (χ3n) is 2.41. The molecule has 0 aliphatic heterocycles. The summed E-state index contributed by atoms with van der Waals surface area (Å²) in [7, 11) is 1.28. The molecule has 0 aliphatic rings. The van der Waals surface area contributed by atoms with E-state index in [4.69, 9.17) is 9.47 Å². The molecule has 1 aromatic rings. The second-order valence-electron chi connectivity index (χ2n) is 3.96. The average Bonchev–Trinajstić information content (AvgIpc) is 2.51. The molecule has 0 spiro atoms. The first kappa shape index (κ1) is 16.6. The number of carbonyl (C=O) groups is 2. The van der Waals surface area contributed by atoms with E-state index in [-0.39, 0.29) is 12.5 Å². The molecule has 0 radical (unpaired) electrons. The van der Waals surface area contributed by atoms with Crippen LogP contribution in [0.4, 0.5) is 4.79 Å². The van der Waals surface area contributed by atoms with Crippen LogP contribution in [0.2, 0.25) is 0 Å². The Morgan fingerprint density at radius 3 is 2.14 bits per heavy atom. The number of rotatable bonds is 8. The summed E-state index contributed by atoms with van der Waals surface area (Å²) >= 11 is 0. The standard InChI is InChI=1S/C14H20N2O5/c1-3-20-11-4-6-12(7-5-11)21-10-13(17)15-8-9-16-14(18)19-2/h4-7H,3,8-10H2,1-2H3,(H,15,17)(H,16,18). The van der Waals surface area contributed by atoms with E-state index in [1.54, 1.807) is 24.3 Å². The van der Waals surface area contributed by atoms with Crippen LogP contribution in [-0.2, 0) is 9.53 Å². The van der Waals surface area contributed by atoms with Crippen LogP contribution in [0, 0.1) is 0 Å². The third-order valence-corrected chi connectivity index (χ3v) is 2.41. The number of carbonyl (C=O) groups excluding carboxylic acids is 2. The highest BCUT2D eigenvalue weighted by molar-refractivity contribution is 5.77. The zero-order valence-electron chi connectivity index (χ0n) is 12.2. The molecule has 0 bridgehead atoms. The van der Waals surface area contributed by atoms with E-state index in [0.29, 0.717) is 25.4 Å². The maximum absolute atomic E-state index is 11.5. The van der Waals surface area contributed by atoms with Gasteiger partial charge in [0, 0.05) is 13.1 Å². The molecule has 0 atom stereocenters. The maximum Gasteiger partial charge on any atom is 0.406 e. The van der Waals surface area contributed by atoms with Gasteiger partial charge in [-0.2, -0.15) is 0 Å². The van der Waals surface area contributed by atoms with Crippen molar-refractivity contribution in [1.82, 2.24) is 10.6 Å². The number of alkyl carbamates (subject to hydrolysis) is 1. The van der Waals surface area contributed by atoms with Gasteiger partial charge >= 0.3 is 6.09 Å². The van der Waals surface area contributed by atoms with Crippen LogP contribution in [0.3, 0.4) is 0 Å². The van der Waals surface area contributed by atoms with Gasteiger partial charge in [-0.25, -0.2) is 4.79 Å². The molecule has 0 saturated carbocycles. The second-order valence-corrected chi connectivity index (χ2v) is 3.96. The Labute approximate surface area is 123 Å². The summed E-state index contributed by atoms with van der Waals surface area (Å²) in [5.74, 6) is 1.07. The summed E-state index contributed by atoms with van der Waals surface area (Å²) in [4.78, 5) is 22.3. The minimum atomic E-state index is -0.533. The lowest BCUT2D eigenvalue weighted by molar-refractivity contribution is -0.123. The molecule has 0 aliphatic carbocycles. The van der Waals surface area contributed by atoms with E-state index < -0.39 is 6.09 Å². The summed E-state index contributed by atoms with van der Waals surface area (Å²) in [6.45, 7) is 3.01. The van der Waals surface area contributed by atoms with Gasteiger partial charge in [-0.1, -0.05) is 0 Å². The predicted octanol–water partition coefficient (Wildman–Crippen LogP) is 0.936. The molecule has 21 heavy (non-hydrogen) atoms. The van der Waals surface area contributed by atoms with Crippen LogP contribution in [0.25, 0.3) is 0 Å². The van der Waals surface area contributed by atoms with Crippen molar-refractivity contribution in [2.75, 3.05) is 33.4 Å². The first-order chi connectivity index (χ1) is 10.2. The lowest BCUT2D eigenvalue weighted by Crippen LogP contribution is -2.36. The van der Waals surface area contributed by atoms with Gasteiger partial charge in [0.2, 0.25) is 0 Å². The number of nitrogens with one attached hydrogen (secondary N) is 2. The molecule has 0 unspecified atom stereocenters. The summed E-state index contributed by atoms with van der Waals surface area (Å²) in [6.07, 6.45) is -0.533. The van der Waals surface area contributed by atoms with E-state index in [0.717, 1.165) is 5.75 Å². The fraction of sp³-hybridized carbons (Fsp3) is 0.429. The van der Waals surface area contributed by atoms with Crippen molar-refractivity contribution < 1.29 is 23.8 Å². The Bertz CT molecular complexity index is 447. The summed E-state index contributed by atoms with van der Waals surface area (Å²) in [6, 6.07) is 7.02. The van der Waals surface area contributed by atoms with Crippen LogP contribution >= 0.6 is 0 Å². The molecule has 116 valence electrons. The first-order valence-corrected chi connectivity index (χ1v) is 6.60. The fourth-order valence-electron chi connectivity index (χ4n) is 1.44. The molecule has 7 nitrogen and oxygen atoms in total. The van der Waals surface area contributed by atoms with Gasteiger partial charge in [-0.05, 0) is 31.2 Å². The smallest absolute Gasteiger partial charge is 0.406 e. The van der Waals surface area contributed by atoms with Gasteiger partial charge in [0.05, 0.1) is 13.7 Å². The Kier molecular flexibility index (Phi) is 7.49. The van der Waals surface area contributed by atoms with Gasteiger partial charge in [-0.15, -0.1) is 0 Å². The summed E-state index contributed by atoms with van der Waals surface area (Å²) in [5.41, 5.74) is 0. The highest BCUT2D eigenvalue weighted by Crippen LogP contribution is 2.17. The highest BCUT2D eigenvalue weighted by Gasteiger charge is 2.03. The molecular formula is C14H20N2O5. The molecule has 0 saturated heterocycles. The Morgan fingerprint density at radius 1 is 1.00 bits per heavy atom. The predicted molar refractivity (Wildman–Crippen MR) is 76.5 cm³/mol. The van der Waals surface area contributed by atoms with Crippen molar-refractivity contribution in [2.45, 2.75) is 6.92 Å². The topological polar surface area (TPSA) is 85.9 Å². The second kappa shape index (κ2) is 9.46.